The van der Waals surface area contributed by atoms with Crippen molar-refractivity contribution in [2.75, 3.05) is 0 Å². The average molecular weight is 471 g/mol. The van der Waals surface area contributed by atoms with E-state index in [2.05, 4.69) is 68.3 Å². The van der Waals surface area contributed by atoms with Crippen LogP contribution < -0.4 is 0 Å². The molecule has 0 radical (unpaired) electrons. The molecule has 0 amide bonds. The highest BCUT2D eigenvalue weighted by molar-refractivity contribution is 9.12. The summed E-state index contributed by atoms with van der Waals surface area (Å²) in [4.78, 5) is 14.7. The lowest BCUT2D eigenvalue weighted by molar-refractivity contribution is 0.754. The molecule has 130 valence electrons. The zero-order valence-electron chi connectivity index (χ0n) is 14.0. The Balaban J connectivity index is 1.82. The molecule has 2 aliphatic carbocycles. The molecule has 0 saturated heterocycles. The van der Waals surface area contributed by atoms with Crippen molar-refractivity contribution in [3.05, 3.63) is 82.9 Å². The molecular formula is C21H17Br2N3. The van der Waals surface area contributed by atoms with Gasteiger partial charge in [0.05, 0.1) is 0 Å². The smallest absolute Gasteiger partial charge is 0.163 e. The second-order valence-electron chi connectivity index (χ2n) is 6.30. The zero-order valence-corrected chi connectivity index (χ0v) is 17.2. The molecule has 26 heavy (non-hydrogen) atoms. The van der Waals surface area contributed by atoms with Crippen LogP contribution in [0.5, 0.6) is 0 Å². The number of nitrogens with zero attached hydrogens (tertiary/aromatic N) is 3. The van der Waals surface area contributed by atoms with Gasteiger partial charge in [0.15, 0.2) is 11.6 Å². The quantitative estimate of drug-likeness (QED) is 0.519. The number of aromatic nitrogens is 3. The summed E-state index contributed by atoms with van der Waals surface area (Å²) in [5.74, 6) is 2.50. The van der Waals surface area contributed by atoms with E-state index in [9.17, 15) is 0 Å². The van der Waals surface area contributed by atoms with Crippen molar-refractivity contribution < 1.29 is 0 Å². The molecule has 3 nitrogen and oxygen atoms in total. The van der Waals surface area contributed by atoms with E-state index in [1.807, 2.05) is 30.3 Å². The Morgan fingerprint density at radius 3 is 2.50 bits per heavy atom. The largest absolute Gasteiger partial charge is 0.213 e. The van der Waals surface area contributed by atoms with Crippen LogP contribution in [0.4, 0.5) is 0 Å². The van der Waals surface area contributed by atoms with E-state index in [4.69, 9.17) is 15.0 Å². The molecule has 2 unspecified atom stereocenters. The van der Waals surface area contributed by atoms with Crippen LogP contribution in [0.25, 0.3) is 17.0 Å². The first kappa shape index (κ1) is 17.6. The summed E-state index contributed by atoms with van der Waals surface area (Å²) in [7, 11) is 0. The van der Waals surface area contributed by atoms with Gasteiger partial charge in [-0.05, 0) is 24.5 Å². The highest BCUT2D eigenvalue weighted by Crippen LogP contribution is 2.32. The van der Waals surface area contributed by atoms with Crippen LogP contribution in [-0.2, 0) is 0 Å². The van der Waals surface area contributed by atoms with Crippen LogP contribution >= 0.6 is 31.9 Å². The van der Waals surface area contributed by atoms with Gasteiger partial charge in [-0.1, -0.05) is 92.6 Å². The van der Waals surface area contributed by atoms with E-state index < -0.39 is 0 Å². The Bertz CT molecular complexity index is 930. The van der Waals surface area contributed by atoms with Crippen LogP contribution in [0.1, 0.15) is 30.4 Å². The monoisotopic (exact) mass is 469 g/mol. The van der Waals surface area contributed by atoms with E-state index in [-0.39, 0.29) is 10.7 Å². The Hall–Kier alpha value is -1.85. The number of benzene rings is 1. The zero-order chi connectivity index (χ0) is 17.9. The summed E-state index contributed by atoms with van der Waals surface area (Å²) in [6.07, 6.45) is 14.5. The third kappa shape index (κ3) is 3.94. The molecular weight excluding hydrogens is 454 g/mol. The Labute approximate surface area is 169 Å². The van der Waals surface area contributed by atoms with Gasteiger partial charge in [-0.3, -0.25) is 0 Å². The van der Waals surface area contributed by atoms with Gasteiger partial charge in [0.2, 0.25) is 0 Å². The third-order valence-electron chi connectivity index (χ3n) is 4.35. The van der Waals surface area contributed by atoms with Crippen molar-refractivity contribution in [2.24, 2.45) is 0 Å². The predicted octanol–water partition coefficient (Wildman–Crippen LogP) is 5.97. The van der Waals surface area contributed by atoms with Crippen molar-refractivity contribution in [1.82, 2.24) is 15.0 Å². The molecule has 5 heteroatoms. The highest BCUT2D eigenvalue weighted by atomic mass is 79.9. The molecule has 1 aromatic heterocycles. The van der Waals surface area contributed by atoms with Gasteiger partial charge in [0.25, 0.3) is 0 Å². The number of allylic oxidation sites excluding steroid dienone is 8. The summed E-state index contributed by atoms with van der Waals surface area (Å²) >= 11 is 7.27. The van der Waals surface area contributed by atoms with Gasteiger partial charge in [-0.2, -0.15) is 0 Å². The maximum Gasteiger partial charge on any atom is 0.163 e. The topological polar surface area (TPSA) is 38.7 Å². The Kier molecular flexibility index (Phi) is 5.27. The minimum Gasteiger partial charge on any atom is -0.213 e. The highest BCUT2D eigenvalue weighted by Gasteiger charge is 2.20. The maximum atomic E-state index is 4.83. The van der Waals surface area contributed by atoms with E-state index in [1.165, 1.54) is 0 Å². The minimum atomic E-state index is 0.187. The minimum absolute atomic E-state index is 0.187. The van der Waals surface area contributed by atoms with Gasteiger partial charge in [-0.25, -0.2) is 15.0 Å². The standard InChI is InChI=1S/C21H17Br2N3/c22-17-11-16(12-18(23)13-17)21-25-19(14-7-3-1-4-8-14)24-20(26-21)15-9-5-2-6-10-15/h1-9,11,13,15,18H,10,12H2. The van der Waals surface area contributed by atoms with Crippen molar-refractivity contribution in [3.63, 3.8) is 0 Å². The van der Waals surface area contributed by atoms with Gasteiger partial charge in [0.1, 0.15) is 5.82 Å². The van der Waals surface area contributed by atoms with Gasteiger partial charge in [0, 0.05) is 20.8 Å². The Morgan fingerprint density at radius 1 is 0.962 bits per heavy atom. The van der Waals surface area contributed by atoms with Crippen molar-refractivity contribution >= 4 is 37.4 Å². The van der Waals surface area contributed by atoms with Gasteiger partial charge >= 0.3 is 0 Å². The fraction of sp³-hybridized carbons (Fsp3) is 0.190. The molecule has 4 rings (SSSR count). The molecule has 1 aromatic carbocycles. The van der Waals surface area contributed by atoms with Crippen LogP contribution in [0, 0.1) is 0 Å². The lowest BCUT2D eigenvalue weighted by Crippen LogP contribution is -2.11. The first-order chi connectivity index (χ1) is 12.7. The summed E-state index contributed by atoms with van der Waals surface area (Å²) in [6.45, 7) is 0. The second kappa shape index (κ2) is 7.80. The van der Waals surface area contributed by atoms with Gasteiger partial charge in [-0.15, -0.1) is 0 Å². The average Bonchev–Trinajstić information content (AvgIpc) is 2.68. The number of rotatable bonds is 3. The van der Waals surface area contributed by atoms with E-state index in [0.29, 0.717) is 0 Å². The van der Waals surface area contributed by atoms with E-state index in [0.717, 1.165) is 45.9 Å². The molecule has 2 aliphatic rings. The first-order valence-corrected chi connectivity index (χ1v) is 10.3. The second-order valence-corrected chi connectivity index (χ2v) is 8.40. The lowest BCUT2D eigenvalue weighted by Gasteiger charge is -2.18. The SMILES string of the molecule is BrC1=CC(Br)CC(c2nc(-c3ccccc3)nc(C3C=CC=CC3)n2)=C1. The van der Waals surface area contributed by atoms with Crippen LogP contribution in [0.2, 0.25) is 0 Å². The van der Waals surface area contributed by atoms with Crippen molar-refractivity contribution in [1.29, 1.82) is 0 Å². The van der Waals surface area contributed by atoms with Crippen molar-refractivity contribution in [2.45, 2.75) is 23.6 Å². The molecule has 0 fully saturated rings. The van der Waals surface area contributed by atoms with Crippen LogP contribution in [-0.4, -0.2) is 19.8 Å². The van der Waals surface area contributed by atoms with Crippen molar-refractivity contribution in [3.8, 4) is 11.4 Å². The molecule has 1 heterocycles. The summed E-state index contributed by atoms with van der Waals surface area (Å²) in [5, 5.41) is 0. The predicted molar refractivity (Wildman–Crippen MR) is 113 cm³/mol. The van der Waals surface area contributed by atoms with E-state index >= 15 is 0 Å². The van der Waals surface area contributed by atoms with Gasteiger partial charge < -0.3 is 0 Å². The molecule has 0 saturated carbocycles. The molecule has 2 atom stereocenters. The number of alkyl halides is 1. The molecule has 2 aromatic rings. The summed E-state index contributed by atoms with van der Waals surface area (Å²) < 4.78 is 1.05. The maximum absolute atomic E-state index is 4.83. The number of hydrogen-bond acceptors (Lipinski definition) is 3. The molecule has 0 bridgehead atoms. The lowest BCUT2D eigenvalue weighted by atomic mass is 9.99. The van der Waals surface area contributed by atoms with E-state index in [1.54, 1.807) is 0 Å². The normalized spacial score (nSPS) is 22.1. The third-order valence-corrected chi connectivity index (χ3v) is 5.43. The summed E-state index contributed by atoms with van der Waals surface area (Å²) in [6, 6.07) is 10.1. The first-order valence-electron chi connectivity index (χ1n) is 8.56. The summed E-state index contributed by atoms with van der Waals surface area (Å²) in [5.41, 5.74) is 2.12. The molecule has 0 spiro atoms. The molecule has 0 N–H and O–H groups in total. The van der Waals surface area contributed by atoms with Crippen LogP contribution in [0.3, 0.4) is 0 Å². The number of hydrogen-bond donors (Lipinski definition) is 0. The fourth-order valence-electron chi connectivity index (χ4n) is 3.06. The number of halogens is 2. The van der Waals surface area contributed by atoms with Crippen LogP contribution in [0.15, 0.2) is 71.3 Å². The Morgan fingerprint density at radius 2 is 1.77 bits per heavy atom. The molecule has 0 aliphatic heterocycles. The fourth-order valence-corrected chi connectivity index (χ4v) is 4.64.